The molecule has 0 unspecified atom stereocenters. The zero-order chi connectivity index (χ0) is 26.5. The number of imide groups is 4. The van der Waals surface area contributed by atoms with Crippen LogP contribution < -0.4 is 0 Å². The van der Waals surface area contributed by atoms with E-state index in [2.05, 4.69) is 0 Å². The van der Waals surface area contributed by atoms with Crippen molar-refractivity contribution in [2.45, 2.75) is 44.3 Å². The van der Waals surface area contributed by atoms with Gasteiger partial charge in [0.1, 0.15) is 18.8 Å². The van der Waals surface area contributed by atoms with Crippen molar-refractivity contribution in [3.8, 4) is 0 Å². The van der Waals surface area contributed by atoms with Crippen LogP contribution >= 0.6 is 0 Å². The molecule has 5 rings (SSSR count). The minimum atomic E-state index is -1.57. The van der Waals surface area contributed by atoms with Gasteiger partial charge in [-0.15, -0.1) is 0 Å². The molecule has 1 aliphatic carbocycles. The number of nitrogens with zero attached hydrogens (tertiary/aromatic N) is 2. The third-order valence-electron chi connectivity index (χ3n) is 6.65. The van der Waals surface area contributed by atoms with Gasteiger partial charge in [-0.05, 0) is 16.7 Å². The molecule has 5 amide bonds. The van der Waals surface area contributed by atoms with Crippen LogP contribution in [0.15, 0.2) is 91.0 Å². The Labute approximate surface area is 219 Å². The Morgan fingerprint density at radius 1 is 0.684 bits per heavy atom. The zero-order valence-corrected chi connectivity index (χ0v) is 20.5. The maximum absolute atomic E-state index is 13.5. The minimum Gasteiger partial charge on any atom is -0.444 e. The second-order valence-corrected chi connectivity index (χ2v) is 9.20. The van der Waals surface area contributed by atoms with Crippen LogP contribution in [-0.4, -0.2) is 45.6 Å². The number of hydrogen-bond acceptors (Lipinski definition) is 7. The van der Waals surface area contributed by atoms with Crippen molar-refractivity contribution in [3.05, 3.63) is 108 Å². The zero-order valence-electron chi connectivity index (χ0n) is 20.5. The number of amides is 5. The predicted molar refractivity (Wildman–Crippen MR) is 134 cm³/mol. The fourth-order valence-electron chi connectivity index (χ4n) is 4.61. The van der Waals surface area contributed by atoms with Crippen molar-refractivity contribution in [2.75, 3.05) is 0 Å². The van der Waals surface area contributed by atoms with Gasteiger partial charge < -0.3 is 14.2 Å². The van der Waals surface area contributed by atoms with Crippen LogP contribution in [0.2, 0.25) is 0 Å². The smallest absolute Gasteiger partial charge is 0.425 e. The first-order valence-electron chi connectivity index (χ1n) is 12.2. The van der Waals surface area contributed by atoms with E-state index < -0.39 is 35.8 Å². The molecule has 0 N–H and O–H groups in total. The molecule has 1 saturated heterocycles. The highest BCUT2D eigenvalue weighted by molar-refractivity contribution is 6.21. The lowest BCUT2D eigenvalue weighted by Gasteiger charge is -2.45. The molecule has 3 aromatic rings. The van der Waals surface area contributed by atoms with Crippen LogP contribution in [0.3, 0.4) is 0 Å². The van der Waals surface area contributed by atoms with Gasteiger partial charge in [0.15, 0.2) is 0 Å². The molecule has 9 nitrogen and oxygen atoms in total. The Balaban J connectivity index is 1.31. The van der Waals surface area contributed by atoms with Gasteiger partial charge in [0.05, 0.1) is 12.7 Å². The number of ether oxygens (including phenoxy) is 3. The fourth-order valence-corrected chi connectivity index (χ4v) is 4.61. The number of hydrogen-bond donors (Lipinski definition) is 0. The van der Waals surface area contributed by atoms with Crippen molar-refractivity contribution in [3.63, 3.8) is 0 Å². The second kappa shape index (κ2) is 10.9. The molecule has 0 aromatic heterocycles. The summed E-state index contributed by atoms with van der Waals surface area (Å²) in [4.78, 5) is 53.9. The van der Waals surface area contributed by atoms with Crippen molar-refractivity contribution in [2.24, 2.45) is 0 Å². The lowest BCUT2D eigenvalue weighted by Crippen LogP contribution is -2.63. The van der Waals surface area contributed by atoms with Crippen LogP contribution in [0.25, 0.3) is 0 Å². The van der Waals surface area contributed by atoms with Gasteiger partial charge in [-0.1, -0.05) is 91.0 Å². The molecule has 2 aliphatic rings. The fraction of sp³-hybridized carbons (Fsp3) is 0.241. The third kappa shape index (κ3) is 5.01. The summed E-state index contributed by atoms with van der Waals surface area (Å²) >= 11 is 0. The highest BCUT2D eigenvalue weighted by Crippen LogP contribution is 2.46. The van der Waals surface area contributed by atoms with Crippen LogP contribution in [0, 0.1) is 0 Å². The molecule has 0 bridgehead atoms. The van der Waals surface area contributed by atoms with Crippen molar-refractivity contribution < 1.29 is 33.4 Å². The van der Waals surface area contributed by atoms with E-state index in [0.29, 0.717) is 22.6 Å². The molecule has 9 heteroatoms. The van der Waals surface area contributed by atoms with Gasteiger partial charge in [-0.3, -0.25) is 4.79 Å². The SMILES string of the molecule is O=C(OCc1ccccc1)N1C(=O)N(C(=O)OCc2ccccc2)C2(CC(OCc3ccccc3)C2)C1=O. The van der Waals surface area contributed by atoms with Gasteiger partial charge in [0.2, 0.25) is 0 Å². The van der Waals surface area contributed by atoms with Crippen LogP contribution in [-0.2, 0) is 38.8 Å². The van der Waals surface area contributed by atoms with Crippen molar-refractivity contribution >= 4 is 24.1 Å². The van der Waals surface area contributed by atoms with Crippen molar-refractivity contribution in [1.82, 2.24) is 9.80 Å². The molecule has 0 atom stereocenters. The topological polar surface area (TPSA) is 102 Å². The Bertz CT molecular complexity index is 1310. The highest BCUT2D eigenvalue weighted by atomic mass is 16.6. The molecule has 38 heavy (non-hydrogen) atoms. The molecule has 2 fully saturated rings. The van der Waals surface area contributed by atoms with Gasteiger partial charge in [0, 0.05) is 12.8 Å². The average Bonchev–Trinajstić information content (AvgIpc) is 3.16. The van der Waals surface area contributed by atoms with E-state index in [1.165, 1.54) is 0 Å². The van der Waals surface area contributed by atoms with Crippen molar-refractivity contribution in [1.29, 1.82) is 0 Å². The lowest BCUT2D eigenvalue weighted by molar-refractivity contribution is -0.147. The Hall–Kier alpha value is -4.50. The summed E-state index contributed by atoms with van der Waals surface area (Å²) in [6.45, 7) is 0.0795. The molecule has 1 heterocycles. The summed E-state index contributed by atoms with van der Waals surface area (Å²) in [6.07, 6.45) is -2.44. The predicted octanol–water partition coefficient (Wildman–Crippen LogP) is 5.04. The lowest BCUT2D eigenvalue weighted by atomic mass is 9.73. The first-order chi connectivity index (χ1) is 18.5. The maximum atomic E-state index is 13.5. The Morgan fingerprint density at radius 3 is 1.63 bits per heavy atom. The number of urea groups is 1. The summed E-state index contributed by atoms with van der Waals surface area (Å²) in [5.74, 6) is -0.822. The molecule has 1 aliphatic heterocycles. The summed E-state index contributed by atoms with van der Waals surface area (Å²) in [6, 6.07) is 26.2. The first kappa shape index (κ1) is 25.2. The van der Waals surface area contributed by atoms with E-state index in [1.54, 1.807) is 48.5 Å². The normalized spacial score (nSPS) is 20.4. The number of carbonyl (C=O) groups is 4. The summed E-state index contributed by atoms with van der Waals surface area (Å²) in [5, 5.41) is 0. The average molecular weight is 515 g/mol. The number of carbonyl (C=O) groups excluding carboxylic acids is 4. The molecular weight excluding hydrogens is 488 g/mol. The molecule has 1 saturated carbocycles. The van der Waals surface area contributed by atoms with E-state index >= 15 is 0 Å². The monoisotopic (exact) mass is 514 g/mol. The summed E-state index contributed by atoms with van der Waals surface area (Å²) in [5.41, 5.74) is 0.779. The largest absolute Gasteiger partial charge is 0.444 e. The second-order valence-electron chi connectivity index (χ2n) is 9.20. The number of benzene rings is 3. The van der Waals surface area contributed by atoms with Gasteiger partial charge in [0.25, 0.3) is 5.91 Å². The van der Waals surface area contributed by atoms with E-state index in [-0.39, 0.29) is 26.1 Å². The molecule has 194 valence electrons. The molecule has 1 spiro atoms. The van der Waals surface area contributed by atoms with E-state index in [4.69, 9.17) is 14.2 Å². The molecule has 0 radical (unpaired) electrons. The van der Waals surface area contributed by atoms with Gasteiger partial charge in [-0.25, -0.2) is 19.3 Å². The van der Waals surface area contributed by atoms with E-state index in [9.17, 15) is 19.2 Å². The standard InChI is InChI=1S/C29H26N2O7/c32-25-29(16-24(17-29)36-18-21-10-4-1-5-11-21)31(28(35)38-20-23-14-8-3-9-15-23)26(33)30(25)27(34)37-19-22-12-6-2-7-13-22/h1-15,24H,16-20H2. The molecule has 3 aromatic carbocycles. The minimum absolute atomic E-state index is 0.0489. The Morgan fingerprint density at radius 2 is 1.13 bits per heavy atom. The first-order valence-corrected chi connectivity index (χ1v) is 12.2. The van der Waals surface area contributed by atoms with E-state index in [1.807, 2.05) is 42.5 Å². The molecular formula is C29H26N2O7. The highest BCUT2D eigenvalue weighted by Gasteiger charge is 2.68. The van der Waals surface area contributed by atoms with Gasteiger partial charge >= 0.3 is 18.2 Å². The Kier molecular flexibility index (Phi) is 7.19. The summed E-state index contributed by atoms with van der Waals surface area (Å²) < 4.78 is 16.5. The van der Waals surface area contributed by atoms with E-state index in [0.717, 1.165) is 10.5 Å². The maximum Gasteiger partial charge on any atom is 0.425 e. The van der Waals surface area contributed by atoms with Crippen LogP contribution in [0.5, 0.6) is 0 Å². The van der Waals surface area contributed by atoms with Crippen LogP contribution in [0.4, 0.5) is 14.4 Å². The summed E-state index contributed by atoms with van der Waals surface area (Å²) in [7, 11) is 0. The quantitative estimate of drug-likeness (QED) is 0.407. The number of rotatable bonds is 7. The third-order valence-corrected chi connectivity index (χ3v) is 6.65. The van der Waals surface area contributed by atoms with Gasteiger partial charge in [-0.2, -0.15) is 4.90 Å². The van der Waals surface area contributed by atoms with Crippen LogP contribution in [0.1, 0.15) is 29.5 Å².